The van der Waals surface area contributed by atoms with E-state index in [1.165, 1.54) is 33.6 Å². The van der Waals surface area contributed by atoms with Crippen molar-refractivity contribution >= 4 is 57.4 Å². The smallest absolute Gasteiger partial charge is 0.308 e. The van der Waals surface area contributed by atoms with Crippen LogP contribution in [0.4, 0.5) is 15.6 Å². The van der Waals surface area contributed by atoms with Gasteiger partial charge in [0.15, 0.2) is 4.34 Å². The summed E-state index contributed by atoms with van der Waals surface area (Å²) in [5, 5.41) is 14.0. The number of nitrogens with one attached hydrogen (secondary N) is 2. The molecule has 4 rings (SSSR count). The van der Waals surface area contributed by atoms with Gasteiger partial charge in [-0.2, -0.15) is 0 Å². The summed E-state index contributed by atoms with van der Waals surface area (Å²) < 4.78 is 2.20. The van der Waals surface area contributed by atoms with E-state index in [0.717, 1.165) is 10.5 Å². The Bertz CT molecular complexity index is 1300. The lowest BCUT2D eigenvalue weighted by molar-refractivity contribution is 0.262. The largest absolute Gasteiger partial charge is 0.325 e. The molecule has 2 amide bonds. The molecule has 0 spiro atoms. The fourth-order valence-corrected chi connectivity index (χ4v) is 4.90. The molecule has 0 unspecified atom stereocenters. The second kappa shape index (κ2) is 9.50. The maximum Gasteiger partial charge on any atom is 0.325 e. The summed E-state index contributed by atoms with van der Waals surface area (Å²) >= 11 is 4.28. The van der Waals surface area contributed by atoms with Crippen LogP contribution in [-0.2, 0) is 5.75 Å². The molecule has 0 saturated carbocycles. The molecule has 1 aromatic carbocycles. The molecule has 0 aliphatic carbocycles. The van der Waals surface area contributed by atoms with Gasteiger partial charge < -0.3 is 5.32 Å². The second-order valence-corrected chi connectivity index (χ2v) is 9.52. The minimum atomic E-state index is -0.384. The predicted octanol–water partition coefficient (Wildman–Crippen LogP) is 4.51. The van der Waals surface area contributed by atoms with Gasteiger partial charge in [-0.25, -0.2) is 9.78 Å². The highest BCUT2D eigenvalue weighted by Crippen LogP contribution is 2.28. The van der Waals surface area contributed by atoms with Crippen molar-refractivity contribution in [2.24, 2.45) is 0 Å². The number of carbonyl (C=O) groups is 1. The van der Waals surface area contributed by atoms with Gasteiger partial charge in [0.25, 0.3) is 5.56 Å². The lowest BCUT2D eigenvalue weighted by atomic mass is 10.3. The summed E-state index contributed by atoms with van der Waals surface area (Å²) in [6, 6.07) is 12.5. The van der Waals surface area contributed by atoms with Crippen LogP contribution in [0.5, 0.6) is 0 Å². The van der Waals surface area contributed by atoms with Gasteiger partial charge in [0.1, 0.15) is 5.65 Å². The van der Waals surface area contributed by atoms with Crippen LogP contribution in [0, 0.1) is 6.92 Å². The molecule has 0 radical (unpaired) electrons. The fourth-order valence-electron chi connectivity index (χ4n) is 2.80. The highest BCUT2D eigenvalue weighted by Gasteiger charge is 2.11. The molecule has 0 aliphatic rings. The monoisotopic (exact) mass is 470 g/mol. The van der Waals surface area contributed by atoms with Crippen LogP contribution in [-0.4, -0.2) is 31.9 Å². The number of thioether (sulfide) groups is 2. The molecule has 0 aliphatic heterocycles. The summed E-state index contributed by atoms with van der Waals surface area (Å²) in [5.74, 6) is 0.475. The Kier molecular flexibility index (Phi) is 6.54. The summed E-state index contributed by atoms with van der Waals surface area (Å²) in [6.45, 7) is 1.92. The van der Waals surface area contributed by atoms with Crippen molar-refractivity contribution in [2.75, 3.05) is 16.9 Å². The number of urea groups is 1. The van der Waals surface area contributed by atoms with Crippen molar-refractivity contribution in [2.45, 2.75) is 21.9 Å². The number of hydrogen-bond donors (Lipinski definition) is 2. The van der Waals surface area contributed by atoms with Crippen LogP contribution in [0.2, 0.25) is 0 Å². The van der Waals surface area contributed by atoms with E-state index in [4.69, 9.17) is 0 Å². The Hall–Kier alpha value is -2.89. The second-order valence-electron chi connectivity index (χ2n) is 6.44. The molecule has 11 heteroatoms. The zero-order chi connectivity index (χ0) is 21.8. The van der Waals surface area contributed by atoms with Crippen molar-refractivity contribution in [1.82, 2.24) is 19.6 Å². The molecule has 0 fully saturated rings. The Morgan fingerprint density at radius 1 is 1.16 bits per heavy atom. The topological polar surface area (TPSA) is 101 Å². The lowest BCUT2D eigenvalue weighted by Gasteiger charge is -2.06. The summed E-state index contributed by atoms with van der Waals surface area (Å²) in [5.41, 5.74) is 2.83. The quantitative estimate of drug-likeness (QED) is 0.316. The molecule has 8 nitrogen and oxygen atoms in total. The number of benzene rings is 1. The van der Waals surface area contributed by atoms with E-state index in [1.54, 1.807) is 18.0 Å². The Labute approximate surface area is 190 Å². The summed E-state index contributed by atoms with van der Waals surface area (Å²) in [7, 11) is 0. The van der Waals surface area contributed by atoms with Gasteiger partial charge in [-0.3, -0.25) is 14.5 Å². The number of aromatic nitrogens is 4. The van der Waals surface area contributed by atoms with Gasteiger partial charge in [-0.05, 0) is 43.0 Å². The van der Waals surface area contributed by atoms with Crippen molar-refractivity contribution in [3.05, 3.63) is 70.3 Å². The third-order valence-corrected chi connectivity index (χ3v) is 6.97. The van der Waals surface area contributed by atoms with Crippen molar-refractivity contribution in [3.8, 4) is 0 Å². The van der Waals surface area contributed by atoms with Gasteiger partial charge in [-0.1, -0.05) is 35.2 Å². The predicted molar refractivity (Wildman–Crippen MR) is 127 cm³/mol. The maximum atomic E-state index is 12.3. The molecule has 2 N–H and O–H groups in total. The SMILES string of the molecule is CSc1cccc(NC(=O)Nc2nnc(SCc3cc(=O)n4cccc(C)c4n3)s2)c1. The minimum absolute atomic E-state index is 0.119. The first kappa shape index (κ1) is 21.3. The average Bonchev–Trinajstić information content (AvgIpc) is 3.20. The zero-order valence-corrected chi connectivity index (χ0v) is 19.1. The molecule has 3 heterocycles. The first-order valence-electron chi connectivity index (χ1n) is 9.18. The van der Waals surface area contributed by atoms with Crippen LogP contribution in [0.3, 0.4) is 0 Å². The van der Waals surface area contributed by atoms with E-state index < -0.39 is 0 Å². The third-order valence-electron chi connectivity index (χ3n) is 4.24. The number of nitrogens with zero attached hydrogens (tertiary/aromatic N) is 4. The average molecular weight is 471 g/mol. The first-order valence-corrected chi connectivity index (χ1v) is 12.2. The number of anilines is 2. The van der Waals surface area contributed by atoms with Crippen LogP contribution >= 0.6 is 34.9 Å². The molecular formula is C20H18N6O2S3. The molecule has 3 aromatic heterocycles. The van der Waals surface area contributed by atoms with Crippen LogP contribution in [0.25, 0.3) is 5.65 Å². The van der Waals surface area contributed by atoms with Crippen molar-refractivity contribution < 1.29 is 4.79 Å². The van der Waals surface area contributed by atoms with Crippen molar-refractivity contribution in [3.63, 3.8) is 0 Å². The van der Waals surface area contributed by atoms with E-state index >= 15 is 0 Å². The van der Waals surface area contributed by atoms with Crippen LogP contribution in [0.15, 0.2) is 62.7 Å². The van der Waals surface area contributed by atoms with E-state index in [2.05, 4.69) is 25.8 Å². The summed E-state index contributed by atoms with van der Waals surface area (Å²) in [4.78, 5) is 30.2. The molecule has 0 bridgehead atoms. The number of fused-ring (bicyclic) bond motifs is 1. The van der Waals surface area contributed by atoms with Gasteiger partial charge in [-0.15, -0.1) is 22.0 Å². The van der Waals surface area contributed by atoms with Crippen LogP contribution in [0.1, 0.15) is 11.3 Å². The molecule has 31 heavy (non-hydrogen) atoms. The normalized spacial score (nSPS) is 10.9. The standard InChI is InChI=1S/C20H18N6O2S3/c1-12-5-4-8-26-16(27)10-14(21-17(12)26)11-30-20-25-24-19(31-20)23-18(28)22-13-6-3-7-15(9-13)29-2/h3-10H,11H2,1-2H3,(H2,22,23,24,28). The number of carbonyl (C=O) groups excluding carboxylic acids is 1. The zero-order valence-electron chi connectivity index (χ0n) is 16.7. The van der Waals surface area contributed by atoms with E-state index in [1.807, 2.05) is 49.6 Å². The fraction of sp³-hybridized carbons (Fsp3) is 0.150. The Morgan fingerprint density at radius 3 is 2.87 bits per heavy atom. The summed E-state index contributed by atoms with van der Waals surface area (Å²) in [6.07, 6.45) is 3.69. The van der Waals surface area contributed by atoms with E-state index in [0.29, 0.717) is 32.3 Å². The Morgan fingerprint density at radius 2 is 2.03 bits per heavy atom. The molecule has 4 aromatic rings. The molecule has 0 atom stereocenters. The molecule has 158 valence electrons. The van der Waals surface area contributed by atoms with Crippen LogP contribution < -0.4 is 16.2 Å². The minimum Gasteiger partial charge on any atom is -0.308 e. The van der Waals surface area contributed by atoms with E-state index in [-0.39, 0.29) is 11.6 Å². The Balaban J connectivity index is 1.38. The number of hydrogen-bond acceptors (Lipinski definition) is 8. The van der Waals surface area contributed by atoms with Gasteiger partial charge in [0.2, 0.25) is 5.13 Å². The molecule has 0 saturated heterocycles. The van der Waals surface area contributed by atoms with Gasteiger partial charge >= 0.3 is 6.03 Å². The number of amides is 2. The number of aryl methyl sites for hydroxylation is 1. The van der Waals surface area contributed by atoms with Gasteiger partial charge in [0.05, 0.1) is 5.69 Å². The first-order chi connectivity index (χ1) is 15.0. The van der Waals surface area contributed by atoms with Crippen molar-refractivity contribution in [1.29, 1.82) is 0 Å². The molecular weight excluding hydrogens is 452 g/mol. The highest BCUT2D eigenvalue weighted by atomic mass is 32.2. The lowest BCUT2D eigenvalue weighted by Crippen LogP contribution is -2.19. The van der Waals surface area contributed by atoms with E-state index in [9.17, 15) is 9.59 Å². The van der Waals surface area contributed by atoms with Gasteiger partial charge in [0, 0.05) is 28.6 Å². The number of pyridine rings is 1. The number of rotatable bonds is 6. The third kappa shape index (κ3) is 5.24. The maximum absolute atomic E-state index is 12.3. The highest BCUT2D eigenvalue weighted by molar-refractivity contribution is 8.00.